The first kappa shape index (κ1) is 20.0. The van der Waals surface area contributed by atoms with E-state index in [1.807, 2.05) is 35.8 Å². The van der Waals surface area contributed by atoms with Crippen LogP contribution in [0.5, 0.6) is 17.2 Å². The minimum Gasteiger partial charge on any atom is -0.483 e. The Morgan fingerprint density at radius 2 is 1.86 bits per heavy atom. The van der Waals surface area contributed by atoms with Crippen LogP contribution < -0.4 is 14.9 Å². The highest BCUT2D eigenvalue weighted by Crippen LogP contribution is 2.24. The second-order valence-corrected chi connectivity index (χ2v) is 6.65. The molecule has 2 aromatic carbocycles. The summed E-state index contributed by atoms with van der Waals surface area (Å²) in [5.41, 5.74) is 1.49. The van der Waals surface area contributed by atoms with E-state index in [-0.39, 0.29) is 18.6 Å². The van der Waals surface area contributed by atoms with Crippen molar-refractivity contribution in [3.05, 3.63) is 87.3 Å². The summed E-state index contributed by atoms with van der Waals surface area (Å²) in [6, 6.07) is 16.1. The molecule has 0 unspecified atom stereocenters. The van der Waals surface area contributed by atoms with Gasteiger partial charge in [0.15, 0.2) is 5.75 Å². The molecule has 0 bridgehead atoms. The fraction of sp³-hybridized carbons (Fsp3) is 0.227. The van der Waals surface area contributed by atoms with Crippen molar-refractivity contribution in [1.29, 1.82) is 0 Å². The van der Waals surface area contributed by atoms with Gasteiger partial charge in [-0.15, -0.1) is 0 Å². The molecule has 0 atom stereocenters. The zero-order valence-corrected chi connectivity index (χ0v) is 16.4. The minimum atomic E-state index is -0.167. The molecule has 146 valence electrons. The van der Waals surface area contributed by atoms with Crippen molar-refractivity contribution >= 4 is 11.6 Å². The Labute approximate surface area is 168 Å². The summed E-state index contributed by atoms with van der Waals surface area (Å²) in [7, 11) is 0. The van der Waals surface area contributed by atoms with E-state index in [1.165, 1.54) is 6.07 Å². The molecule has 0 spiro atoms. The van der Waals surface area contributed by atoms with Gasteiger partial charge in [-0.05, 0) is 48.4 Å². The van der Waals surface area contributed by atoms with Crippen molar-refractivity contribution in [2.45, 2.75) is 26.5 Å². The topological polar surface area (TPSA) is 60.7 Å². The first-order chi connectivity index (χ1) is 13.6. The van der Waals surface area contributed by atoms with Crippen molar-refractivity contribution in [3.63, 3.8) is 0 Å². The molecule has 1 heterocycles. The van der Waals surface area contributed by atoms with E-state index in [1.54, 1.807) is 30.5 Å². The molecule has 0 amide bonds. The monoisotopic (exact) mass is 399 g/mol. The molecule has 5 nitrogen and oxygen atoms in total. The van der Waals surface area contributed by atoms with Gasteiger partial charge >= 0.3 is 0 Å². The number of nitrogens with zero attached hydrogens (tertiary/aromatic N) is 1. The van der Waals surface area contributed by atoms with E-state index in [0.29, 0.717) is 35.2 Å². The van der Waals surface area contributed by atoms with Gasteiger partial charge in [0.05, 0.1) is 12.3 Å². The average molecular weight is 400 g/mol. The quantitative estimate of drug-likeness (QED) is 0.608. The lowest BCUT2D eigenvalue weighted by atomic mass is 10.2. The van der Waals surface area contributed by atoms with Gasteiger partial charge in [-0.25, -0.2) is 0 Å². The smallest absolute Gasteiger partial charge is 0.223 e. The van der Waals surface area contributed by atoms with Crippen LogP contribution in [0.25, 0.3) is 0 Å². The summed E-state index contributed by atoms with van der Waals surface area (Å²) in [5.74, 6) is 1.68. The van der Waals surface area contributed by atoms with Crippen LogP contribution in [0.3, 0.4) is 0 Å². The third-order valence-corrected chi connectivity index (χ3v) is 4.50. The molecule has 0 aliphatic rings. The van der Waals surface area contributed by atoms with Gasteiger partial charge in [0.2, 0.25) is 5.43 Å². The molecule has 3 rings (SSSR count). The molecule has 6 heteroatoms. The maximum atomic E-state index is 12.3. The van der Waals surface area contributed by atoms with Crippen LogP contribution in [-0.4, -0.2) is 16.3 Å². The lowest BCUT2D eigenvalue weighted by Crippen LogP contribution is -2.17. The van der Waals surface area contributed by atoms with Crippen LogP contribution in [0.4, 0.5) is 0 Å². The number of benzene rings is 2. The number of hydrogen-bond donors (Lipinski definition) is 1. The third kappa shape index (κ3) is 4.94. The molecule has 28 heavy (non-hydrogen) atoms. The summed E-state index contributed by atoms with van der Waals surface area (Å²) in [4.78, 5) is 12.3. The highest BCUT2D eigenvalue weighted by molar-refractivity contribution is 6.30. The van der Waals surface area contributed by atoms with Crippen molar-refractivity contribution < 1.29 is 14.6 Å². The minimum absolute atomic E-state index is 0.000603. The van der Waals surface area contributed by atoms with E-state index in [0.717, 1.165) is 11.3 Å². The Bertz CT molecular complexity index is 983. The average Bonchev–Trinajstić information content (AvgIpc) is 2.70. The van der Waals surface area contributed by atoms with Gasteiger partial charge in [0.25, 0.3) is 0 Å². The zero-order valence-electron chi connectivity index (χ0n) is 15.6. The summed E-state index contributed by atoms with van der Waals surface area (Å²) < 4.78 is 13.5. The van der Waals surface area contributed by atoms with Gasteiger partial charge < -0.3 is 19.1 Å². The SMILES string of the molecule is CCc1c(OCc2cccc(Oc3ccc(Cl)cc3)c2)c(=O)ccn1CCO. The van der Waals surface area contributed by atoms with Crippen molar-refractivity contribution in [2.24, 2.45) is 0 Å². The van der Waals surface area contributed by atoms with Gasteiger partial charge in [-0.3, -0.25) is 4.79 Å². The molecule has 1 aromatic heterocycles. The van der Waals surface area contributed by atoms with E-state index in [4.69, 9.17) is 21.1 Å². The lowest BCUT2D eigenvalue weighted by molar-refractivity contribution is 0.267. The molecular weight excluding hydrogens is 378 g/mol. The Morgan fingerprint density at radius 1 is 1.07 bits per heavy atom. The Hall–Kier alpha value is -2.76. The molecule has 0 saturated heterocycles. The number of hydrogen-bond acceptors (Lipinski definition) is 4. The summed E-state index contributed by atoms with van der Waals surface area (Å²) in [6.45, 7) is 2.61. The molecule has 0 aliphatic carbocycles. The standard InChI is InChI=1S/C22H22ClNO4/c1-2-20-22(21(26)10-11-24(20)12-13-25)27-15-16-4-3-5-19(14-16)28-18-8-6-17(23)7-9-18/h3-11,14,25H,2,12-13,15H2,1H3. The summed E-state index contributed by atoms with van der Waals surface area (Å²) >= 11 is 5.89. The normalized spacial score (nSPS) is 10.7. The number of rotatable bonds is 8. The van der Waals surface area contributed by atoms with Crippen LogP contribution in [-0.2, 0) is 19.6 Å². The predicted molar refractivity (Wildman–Crippen MR) is 109 cm³/mol. The molecular formula is C22H22ClNO4. The van der Waals surface area contributed by atoms with Crippen LogP contribution >= 0.6 is 11.6 Å². The largest absolute Gasteiger partial charge is 0.483 e. The van der Waals surface area contributed by atoms with Gasteiger partial charge in [-0.1, -0.05) is 30.7 Å². The third-order valence-electron chi connectivity index (χ3n) is 4.25. The van der Waals surface area contributed by atoms with E-state index < -0.39 is 0 Å². The molecule has 0 saturated carbocycles. The Balaban J connectivity index is 1.75. The predicted octanol–water partition coefficient (Wildman–Crippen LogP) is 4.43. The fourth-order valence-electron chi connectivity index (χ4n) is 2.92. The first-order valence-corrected chi connectivity index (χ1v) is 9.47. The second kappa shape index (κ2) is 9.44. The van der Waals surface area contributed by atoms with Gasteiger partial charge in [0, 0.05) is 23.8 Å². The van der Waals surface area contributed by atoms with Crippen LogP contribution in [0.1, 0.15) is 18.2 Å². The molecule has 1 N–H and O–H groups in total. The molecule has 0 fully saturated rings. The molecule has 0 aliphatic heterocycles. The maximum absolute atomic E-state index is 12.3. The molecule has 0 radical (unpaired) electrons. The van der Waals surface area contributed by atoms with Gasteiger partial charge in [0.1, 0.15) is 18.1 Å². The summed E-state index contributed by atoms with van der Waals surface area (Å²) in [6.07, 6.45) is 2.32. The second-order valence-electron chi connectivity index (χ2n) is 6.22. The lowest BCUT2D eigenvalue weighted by Gasteiger charge is -2.16. The van der Waals surface area contributed by atoms with Crippen molar-refractivity contribution in [1.82, 2.24) is 4.57 Å². The molecule has 3 aromatic rings. The number of halogens is 1. The van der Waals surface area contributed by atoms with Crippen molar-refractivity contribution in [3.8, 4) is 17.2 Å². The van der Waals surface area contributed by atoms with Crippen LogP contribution in [0, 0.1) is 0 Å². The van der Waals surface area contributed by atoms with Crippen LogP contribution in [0.2, 0.25) is 5.02 Å². The number of aliphatic hydroxyl groups is 1. The maximum Gasteiger partial charge on any atom is 0.223 e. The first-order valence-electron chi connectivity index (χ1n) is 9.09. The van der Waals surface area contributed by atoms with Gasteiger partial charge in [-0.2, -0.15) is 0 Å². The highest BCUT2D eigenvalue weighted by Gasteiger charge is 2.11. The zero-order chi connectivity index (χ0) is 19.9. The van der Waals surface area contributed by atoms with E-state index >= 15 is 0 Å². The van der Waals surface area contributed by atoms with Crippen molar-refractivity contribution in [2.75, 3.05) is 6.61 Å². The van der Waals surface area contributed by atoms with E-state index in [9.17, 15) is 9.90 Å². The highest BCUT2D eigenvalue weighted by atomic mass is 35.5. The number of ether oxygens (including phenoxy) is 2. The summed E-state index contributed by atoms with van der Waals surface area (Å²) in [5, 5.41) is 9.86. The van der Waals surface area contributed by atoms with Crippen LogP contribution in [0.15, 0.2) is 65.6 Å². The number of aromatic nitrogens is 1. The fourth-order valence-corrected chi connectivity index (χ4v) is 3.05. The number of aliphatic hydroxyl groups excluding tert-OH is 1. The Kier molecular flexibility index (Phi) is 6.74. The Morgan fingerprint density at radius 3 is 2.57 bits per heavy atom. The number of pyridine rings is 1. The van der Waals surface area contributed by atoms with E-state index in [2.05, 4.69) is 0 Å².